The standard InChI is InChI=1S/C12H11N3O2/c1-3-9-5-11(17-15-9)10-4-8(6-13)12(16)14-7(10)2/h4-5H,3H2,1-2H3,(H,14,16). The molecule has 2 heterocycles. The van der Waals surface area contributed by atoms with Crippen molar-refractivity contribution in [1.82, 2.24) is 10.1 Å². The summed E-state index contributed by atoms with van der Waals surface area (Å²) in [7, 11) is 0. The predicted molar refractivity (Wildman–Crippen MR) is 61.4 cm³/mol. The van der Waals surface area contributed by atoms with Crippen molar-refractivity contribution in [2.24, 2.45) is 0 Å². The highest BCUT2D eigenvalue weighted by Gasteiger charge is 2.11. The minimum absolute atomic E-state index is 0.0695. The van der Waals surface area contributed by atoms with E-state index >= 15 is 0 Å². The first kappa shape index (κ1) is 11.1. The van der Waals surface area contributed by atoms with Crippen LogP contribution in [0.1, 0.15) is 23.9 Å². The van der Waals surface area contributed by atoms with E-state index in [1.54, 1.807) is 6.92 Å². The maximum atomic E-state index is 11.4. The Balaban J connectivity index is 2.59. The number of nitrogens with one attached hydrogen (secondary N) is 1. The summed E-state index contributed by atoms with van der Waals surface area (Å²) < 4.78 is 5.18. The zero-order valence-corrected chi connectivity index (χ0v) is 9.57. The van der Waals surface area contributed by atoms with Crippen molar-refractivity contribution in [3.8, 4) is 17.4 Å². The van der Waals surface area contributed by atoms with Crippen molar-refractivity contribution >= 4 is 0 Å². The van der Waals surface area contributed by atoms with Gasteiger partial charge in [-0.05, 0) is 19.4 Å². The Morgan fingerprint density at radius 3 is 2.88 bits per heavy atom. The third kappa shape index (κ3) is 1.97. The van der Waals surface area contributed by atoms with Gasteiger partial charge in [-0.2, -0.15) is 5.26 Å². The Bertz CT molecular complexity index is 647. The van der Waals surface area contributed by atoms with Crippen LogP contribution in [0.4, 0.5) is 0 Å². The SMILES string of the molecule is CCc1cc(-c2cc(C#N)c(=O)[nH]c2C)on1. The van der Waals surface area contributed by atoms with E-state index in [4.69, 9.17) is 9.78 Å². The van der Waals surface area contributed by atoms with E-state index in [0.717, 1.165) is 12.1 Å². The molecule has 86 valence electrons. The molecule has 0 amide bonds. The van der Waals surface area contributed by atoms with E-state index in [-0.39, 0.29) is 11.1 Å². The smallest absolute Gasteiger partial charge is 0.266 e. The van der Waals surface area contributed by atoms with Gasteiger partial charge < -0.3 is 9.51 Å². The van der Waals surface area contributed by atoms with Gasteiger partial charge in [0.1, 0.15) is 11.6 Å². The number of nitriles is 1. The van der Waals surface area contributed by atoms with Crippen LogP contribution >= 0.6 is 0 Å². The maximum absolute atomic E-state index is 11.4. The van der Waals surface area contributed by atoms with Gasteiger partial charge in [0.05, 0.1) is 5.69 Å². The lowest BCUT2D eigenvalue weighted by molar-refractivity contribution is 0.424. The zero-order chi connectivity index (χ0) is 12.4. The van der Waals surface area contributed by atoms with Crippen molar-refractivity contribution in [3.05, 3.63) is 39.4 Å². The molecule has 0 aliphatic carbocycles. The van der Waals surface area contributed by atoms with E-state index in [1.807, 2.05) is 19.1 Å². The van der Waals surface area contributed by atoms with Crippen LogP contribution in [0, 0.1) is 18.3 Å². The summed E-state index contributed by atoms with van der Waals surface area (Å²) in [5, 5.41) is 12.7. The summed E-state index contributed by atoms with van der Waals surface area (Å²) in [6.07, 6.45) is 0.775. The average Bonchev–Trinajstić information content (AvgIpc) is 2.78. The molecule has 5 heteroatoms. The Labute approximate surface area is 97.7 Å². The van der Waals surface area contributed by atoms with Gasteiger partial charge in [-0.3, -0.25) is 4.79 Å². The van der Waals surface area contributed by atoms with E-state index in [9.17, 15) is 4.79 Å². The summed E-state index contributed by atoms with van der Waals surface area (Å²) in [4.78, 5) is 14.0. The van der Waals surface area contributed by atoms with E-state index in [2.05, 4.69) is 10.1 Å². The number of rotatable bonds is 2. The highest BCUT2D eigenvalue weighted by atomic mass is 16.5. The van der Waals surface area contributed by atoms with Crippen molar-refractivity contribution in [2.75, 3.05) is 0 Å². The largest absolute Gasteiger partial charge is 0.356 e. The molecule has 2 rings (SSSR count). The second-order valence-corrected chi connectivity index (χ2v) is 3.70. The minimum atomic E-state index is -0.385. The normalized spacial score (nSPS) is 10.2. The molecule has 5 nitrogen and oxygen atoms in total. The topological polar surface area (TPSA) is 82.7 Å². The second-order valence-electron chi connectivity index (χ2n) is 3.70. The highest BCUT2D eigenvalue weighted by molar-refractivity contribution is 5.62. The molecule has 0 saturated carbocycles. The number of aromatic nitrogens is 2. The molecule has 0 atom stereocenters. The molecular formula is C12H11N3O2. The fourth-order valence-electron chi connectivity index (χ4n) is 1.57. The van der Waals surface area contributed by atoms with Gasteiger partial charge in [-0.25, -0.2) is 0 Å². The van der Waals surface area contributed by atoms with Gasteiger partial charge in [-0.1, -0.05) is 12.1 Å². The van der Waals surface area contributed by atoms with Gasteiger partial charge in [0.15, 0.2) is 5.76 Å². The number of aromatic amines is 1. The maximum Gasteiger partial charge on any atom is 0.266 e. The summed E-state index contributed by atoms with van der Waals surface area (Å²) in [6.45, 7) is 3.73. The molecule has 0 unspecified atom stereocenters. The number of aryl methyl sites for hydroxylation is 2. The number of H-pyrrole nitrogens is 1. The lowest BCUT2D eigenvalue weighted by Crippen LogP contribution is -2.11. The van der Waals surface area contributed by atoms with Crippen molar-refractivity contribution in [1.29, 1.82) is 5.26 Å². The van der Waals surface area contributed by atoms with Crippen LogP contribution in [0.25, 0.3) is 11.3 Å². The van der Waals surface area contributed by atoms with Crippen molar-refractivity contribution in [2.45, 2.75) is 20.3 Å². The van der Waals surface area contributed by atoms with Crippen LogP contribution in [-0.4, -0.2) is 10.1 Å². The lowest BCUT2D eigenvalue weighted by Gasteiger charge is -2.01. The van der Waals surface area contributed by atoms with Crippen LogP contribution in [-0.2, 0) is 6.42 Å². The fourth-order valence-corrected chi connectivity index (χ4v) is 1.57. The molecule has 0 bridgehead atoms. The molecule has 0 spiro atoms. The van der Waals surface area contributed by atoms with Crippen molar-refractivity contribution < 1.29 is 4.52 Å². The molecular weight excluding hydrogens is 218 g/mol. The van der Waals surface area contributed by atoms with E-state index in [1.165, 1.54) is 6.07 Å². The van der Waals surface area contributed by atoms with Gasteiger partial charge in [0, 0.05) is 17.3 Å². The number of pyridine rings is 1. The van der Waals surface area contributed by atoms with Gasteiger partial charge in [-0.15, -0.1) is 0 Å². The zero-order valence-electron chi connectivity index (χ0n) is 9.57. The predicted octanol–water partition coefficient (Wildman–Crippen LogP) is 1.77. The Kier molecular flexibility index (Phi) is 2.79. The summed E-state index contributed by atoms with van der Waals surface area (Å²) >= 11 is 0. The molecule has 1 N–H and O–H groups in total. The Hall–Kier alpha value is -2.35. The first-order valence-corrected chi connectivity index (χ1v) is 5.25. The fraction of sp³-hybridized carbons (Fsp3) is 0.250. The van der Waals surface area contributed by atoms with Crippen LogP contribution in [0.15, 0.2) is 21.5 Å². The molecule has 0 saturated heterocycles. The van der Waals surface area contributed by atoms with Gasteiger partial charge >= 0.3 is 0 Å². The molecule has 2 aromatic rings. The monoisotopic (exact) mass is 229 g/mol. The lowest BCUT2D eigenvalue weighted by atomic mass is 10.1. The summed E-state index contributed by atoms with van der Waals surface area (Å²) in [5.41, 5.74) is 1.87. The van der Waals surface area contributed by atoms with Crippen LogP contribution in [0.2, 0.25) is 0 Å². The molecule has 17 heavy (non-hydrogen) atoms. The minimum Gasteiger partial charge on any atom is -0.356 e. The quantitative estimate of drug-likeness (QED) is 0.850. The number of hydrogen-bond donors (Lipinski definition) is 1. The molecule has 0 aliphatic rings. The highest BCUT2D eigenvalue weighted by Crippen LogP contribution is 2.22. The van der Waals surface area contributed by atoms with Crippen molar-refractivity contribution in [3.63, 3.8) is 0 Å². The second kappa shape index (κ2) is 4.26. The molecule has 0 aromatic carbocycles. The van der Waals surface area contributed by atoms with E-state index in [0.29, 0.717) is 17.0 Å². The molecule has 0 radical (unpaired) electrons. The molecule has 0 aliphatic heterocycles. The first-order chi connectivity index (χ1) is 8.15. The summed E-state index contributed by atoms with van der Waals surface area (Å²) in [5.74, 6) is 0.562. The third-order valence-electron chi connectivity index (χ3n) is 2.55. The average molecular weight is 229 g/mol. The Morgan fingerprint density at radius 1 is 1.53 bits per heavy atom. The van der Waals surface area contributed by atoms with Gasteiger partial charge in [0.2, 0.25) is 0 Å². The number of nitrogens with zero attached hydrogens (tertiary/aromatic N) is 2. The number of hydrogen-bond acceptors (Lipinski definition) is 4. The first-order valence-electron chi connectivity index (χ1n) is 5.25. The van der Waals surface area contributed by atoms with E-state index < -0.39 is 0 Å². The third-order valence-corrected chi connectivity index (χ3v) is 2.55. The molecule has 0 fully saturated rings. The van der Waals surface area contributed by atoms with Crippen LogP contribution < -0.4 is 5.56 Å². The summed E-state index contributed by atoms with van der Waals surface area (Å²) in [6, 6.07) is 5.18. The molecule has 2 aromatic heterocycles. The van der Waals surface area contributed by atoms with Gasteiger partial charge in [0.25, 0.3) is 5.56 Å². The Morgan fingerprint density at radius 2 is 2.29 bits per heavy atom. The van der Waals surface area contributed by atoms with Crippen LogP contribution in [0.3, 0.4) is 0 Å². The van der Waals surface area contributed by atoms with Crippen LogP contribution in [0.5, 0.6) is 0 Å².